The van der Waals surface area contributed by atoms with Gasteiger partial charge in [0.2, 0.25) is 0 Å². The molecule has 13 heavy (non-hydrogen) atoms. The number of hydrogen-bond acceptors (Lipinski definition) is 2. The maximum absolute atomic E-state index is 5.27. The van der Waals surface area contributed by atoms with Gasteiger partial charge in [-0.15, -0.1) is 0 Å². The van der Waals surface area contributed by atoms with Crippen LogP contribution in [0, 0.1) is 5.41 Å². The predicted octanol–water partition coefficient (Wildman–Crippen LogP) is 2.87. The minimum atomic E-state index is 0.250. The SMILES string of the molecule is CCCCC(CC)(COC)COC. The molecule has 0 fully saturated rings. The van der Waals surface area contributed by atoms with Gasteiger partial charge in [0.05, 0.1) is 13.2 Å². The summed E-state index contributed by atoms with van der Waals surface area (Å²) in [5.74, 6) is 0. The molecule has 0 atom stereocenters. The Morgan fingerprint density at radius 1 is 1.00 bits per heavy atom. The molecular formula is C11H24O2. The molecule has 0 bridgehead atoms. The van der Waals surface area contributed by atoms with Crippen molar-refractivity contribution in [1.82, 2.24) is 0 Å². The van der Waals surface area contributed by atoms with Gasteiger partial charge in [-0.25, -0.2) is 0 Å². The maximum Gasteiger partial charge on any atom is 0.0540 e. The highest BCUT2D eigenvalue weighted by molar-refractivity contribution is 4.77. The van der Waals surface area contributed by atoms with Crippen LogP contribution in [0.4, 0.5) is 0 Å². The van der Waals surface area contributed by atoms with Crippen molar-refractivity contribution in [1.29, 1.82) is 0 Å². The Morgan fingerprint density at radius 2 is 1.54 bits per heavy atom. The molecule has 80 valence electrons. The van der Waals surface area contributed by atoms with E-state index in [1.165, 1.54) is 19.3 Å². The molecule has 0 aliphatic rings. The largest absolute Gasteiger partial charge is 0.384 e. The Morgan fingerprint density at radius 3 is 1.85 bits per heavy atom. The number of rotatable bonds is 8. The predicted molar refractivity (Wildman–Crippen MR) is 56.0 cm³/mol. The number of ether oxygens (including phenoxy) is 2. The fourth-order valence-corrected chi connectivity index (χ4v) is 1.73. The second kappa shape index (κ2) is 7.34. The lowest BCUT2D eigenvalue weighted by atomic mass is 9.82. The van der Waals surface area contributed by atoms with Gasteiger partial charge in [0.15, 0.2) is 0 Å². The van der Waals surface area contributed by atoms with Crippen molar-refractivity contribution in [2.75, 3.05) is 27.4 Å². The maximum atomic E-state index is 5.27. The molecule has 0 aliphatic carbocycles. The van der Waals surface area contributed by atoms with E-state index in [9.17, 15) is 0 Å². The first-order valence-corrected chi connectivity index (χ1v) is 5.22. The quantitative estimate of drug-likeness (QED) is 0.583. The summed E-state index contributed by atoms with van der Waals surface area (Å²) in [6.45, 7) is 6.07. The van der Waals surface area contributed by atoms with Gasteiger partial charge < -0.3 is 9.47 Å². The van der Waals surface area contributed by atoms with Crippen LogP contribution in [-0.4, -0.2) is 27.4 Å². The fourth-order valence-electron chi connectivity index (χ4n) is 1.73. The molecule has 0 amide bonds. The molecule has 2 heteroatoms. The van der Waals surface area contributed by atoms with Gasteiger partial charge in [-0.2, -0.15) is 0 Å². The van der Waals surface area contributed by atoms with Crippen LogP contribution in [0.1, 0.15) is 39.5 Å². The molecular weight excluding hydrogens is 164 g/mol. The highest BCUT2D eigenvalue weighted by Gasteiger charge is 2.27. The summed E-state index contributed by atoms with van der Waals surface area (Å²) in [4.78, 5) is 0. The lowest BCUT2D eigenvalue weighted by Crippen LogP contribution is -2.31. The van der Waals surface area contributed by atoms with Gasteiger partial charge in [-0.3, -0.25) is 0 Å². The van der Waals surface area contributed by atoms with Gasteiger partial charge >= 0.3 is 0 Å². The van der Waals surface area contributed by atoms with Crippen LogP contribution >= 0.6 is 0 Å². The van der Waals surface area contributed by atoms with Crippen molar-refractivity contribution in [3.8, 4) is 0 Å². The number of methoxy groups -OCH3 is 2. The summed E-state index contributed by atoms with van der Waals surface area (Å²) in [6, 6.07) is 0. The smallest absolute Gasteiger partial charge is 0.0540 e. The molecule has 0 saturated carbocycles. The summed E-state index contributed by atoms with van der Waals surface area (Å²) in [6.07, 6.45) is 4.85. The van der Waals surface area contributed by atoms with E-state index in [0.717, 1.165) is 19.6 Å². The van der Waals surface area contributed by atoms with E-state index in [1.807, 2.05) is 0 Å². The second-order valence-electron chi connectivity index (χ2n) is 3.82. The highest BCUT2D eigenvalue weighted by Crippen LogP contribution is 2.29. The average Bonchev–Trinajstić information content (AvgIpc) is 2.15. The Labute approximate surface area is 82.6 Å². The van der Waals surface area contributed by atoms with Crippen LogP contribution in [0.15, 0.2) is 0 Å². The summed E-state index contributed by atoms with van der Waals surface area (Å²) < 4.78 is 10.5. The monoisotopic (exact) mass is 188 g/mol. The molecule has 0 radical (unpaired) electrons. The summed E-state index contributed by atoms with van der Waals surface area (Å²) >= 11 is 0. The average molecular weight is 188 g/mol. The van der Waals surface area contributed by atoms with Crippen LogP contribution in [0.3, 0.4) is 0 Å². The van der Waals surface area contributed by atoms with Crippen LogP contribution in [0.25, 0.3) is 0 Å². The molecule has 0 aliphatic heterocycles. The first-order chi connectivity index (χ1) is 6.24. The Kier molecular flexibility index (Phi) is 7.29. The third-order valence-electron chi connectivity index (χ3n) is 2.71. The van der Waals surface area contributed by atoms with Crippen LogP contribution in [0.5, 0.6) is 0 Å². The topological polar surface area (TPSA) is 18.5 Å². The lowest BCUT2D eigenvalue weighted by Gasteiger charge is -2.31. The van der Waals surface area contributed by atoms with Crippen molar-refractivity contribution < 1.29 is 9.47 Å². The molecule has 0 aromatic heterocycles. The van der Waals surface area contributed by atoms with E-state index < -0.39 is 0 Å². The van der Waals surface area contributed by atoms with Crippen molar-refractivity contribution in [2.24, 2.45) is 5.41 Å². The Bertz CT molecular complexity index is 107. The van der Waals surface area contributed by atoms with Crippen LogP contribution in [0.2, 0.25) is 0 Å². The van der Waals surface area contributed by atoms with Crippen LogP contribution < -0.4 is 0 Å². The highest BCUT2D eigenvalue weighted by atomic mass is 16.5. The van der Waals surface area contributed by atoms with Gasteiger partial charge in [0, 0.05) is 19.6 Å². The second-order valence-corrected chi connectivity index (χ2v) is 3.82. The number of unbranched alkanes of at least 4 members (excludes halogenated alkanes) is 1. The first kappa shape index (κ1) is 12.9. The van der Waals surface area contributed by atoms with E-state index in [4.69, 9.17) is 9.47 Å². The van der Waals surface area contributed by atoms with E-state index in [-0.39, 0.29) is 5.41 Å². The molecule has 0 unspecified atom stereocenters. The van der Waals surface area contributed by atoms with Crippen molar-refractivity contribution in [3.05, 3.63) is 0 Å². The Balaban J connectivity index is 4.07. The van der Waals surface area contributed by atoms with E-state index in [2.05, 4.69) is 13.8 Å². The number of hydrogen-bond donors (Lipinski definition) is 0. The van der Waals surface area contributed by atoms with Crippen molar-refractivity contribution in [3.63, 3.8) is 0 Å². The molecule has 2 nitrogen and oxygen atoms in total. The molecule has 0 rings (SSSR count). The molecule has 0 heterocycles. The lowest BCUT2D eigenvalue weighted by molar-refractivity contribution is 0.000482. The van der Waals surface area contributed by atoms with Gasteiger partial charge in [0.1, 0.15) is 0 Å². The summed E-state index contributed by atoms with van der Waals surface area (Å²) in [7, 11) is 3.54. The molecule has 0 aromatic carbocycles. The Hall–Kier alpha value is -0.0800. The van der Waals surface area contributed by atoms with E-state index >= 15 is 0 Å². The van der Waals surface area contributed by atoms with E-state index in [1.54, 1.807) is 14.2 Å². The summed E-state index contributed by atoms with van der Waals surface area (Å²) in [5.41, 5.74) is 0.250. The molecule has 0 aromatic rings. The fraction of sp³-hybridized carbons (Fsp3) is 1.00. The summed E-state index contributed by atoms with van der Waals surface area (Å²) in [5, 5.41) is 0. The molecule has 0 N–H and O–H groups in total. The molecule has 0 saturated heterocycles. The van der Waals surface area contributed by atoms with Gasteiger partial charge in [0.25, 0.3) is 0 Å². The van der Waals surface area contributed by atoms with Gasteiger partial charge in [-0.05, 0) is 12.8 Å². The molecule has 0 spiro atoms. The zero-order chi connectivity index (χ0) is 10.2. The third-order valence-corrected chi connectivity index (χ3v) is 2.71. The minimum Gasteiger partial charge on any atom is -0.384 e. The zero-order valence-corrected chi connectivity index (χ0v) is 9.56. The standard InChI is InChI=1S/C11H24O2/c1-5-7-8-11(6-2,9-12-3)10-13-4/h5-10H2,1-4H3. The van der Waals surface area contributed by atoms with Crippen molar-refractivity contribution in [2.45, 2.75) is 39.5 Å². The third kappa shape index (κ3) is 4.63. The normalized spacial score (nSPS) is 12.0. The van der Waals surface area contributed by atoms with Gasteiger partial charge in [-0.1, -0.05) is 26.7 Å². The van der Waals surface area contributed by atoms with Crippen LogP contribution in [-0.2, 0) is 9.47 Å². The van der Waals surface area contributed by atoms with E-state index in [0.29, 0.717) is 0 Å². The minimum absolute atomic E-state index is 0.250. The zero-order valence-electron chi connectivity index (χ0n) is 9.56. The van der Waals surface area contributed by atoms with Crippen molar-refractivity contribution >= 4 is 0 Å². The first-order valence-electron chi connectivity index (χ1n) is 5.22.